The molecule has 0 saturated heterocycles. The minimum atomic E-state index is -0.0829. The first-order valence-electron chi connectivity index (χ1n) is 3.59. The van der Waals surface area contributed by atoms with Crippen LogP contribution >= 0.6 is 31.9 Å². The molecule has 0 unspecified atom stereocenters. The van der Waals surface area contributed by atoms with E-state index < -0.39 is 0 Å². The van der Waals surface area contributed by atoms with Crippen molar-refractivity contribution in [3.05, 3.63) is 0 Å². The van der Waals surface area contributed by atoms with Crippen LogP contribution in [0.25, 0.3) is 0 Å². The molecule has 0 nitrogen and oxygen atoms in total. The predicted molar refractivity (Wildman–Crippen MR) is 51.4 cm³/mol. The van der Waals surface area contributed by atoms with Gasteiger partial charge in [-0.3, -0.25) is 0 Å². The zero-order valence-corrected chi connectivity index (χ0v) is 8.96. The quantitative estimate of drug-likeness (QED) is 0.465. The maximum Gasteiger partial charge on any atom is 0.140 e. The molecule has 56 valence electrons. The molecule has 0 aromatic rings. The minimum absolute atomic E-state index is 0.0829. The second kappa shape index (κ2) is 3.78. The highest BCUT2D eigenvalue weighted by Crippen LogP contribution is 2.32. The van der Waals surface area contributed by atoms with E-state index in [1.807, 2.05) is 0 Å². The molecule has 0 radical (unpaired) electrons. The summed E-state index contributed by atoms with van der Waals surface area (Å²) < 4.78 is -0.0829. The van der Waals surface area contributed by atoms with Gasteiger partial charge in [-0.1, -0.05) is 50.6 Å². The summed E-state index contributed by atoms with van der Waals surface area (Å²) >= 11 is 7.04. The van der Waals surface area contributed by atoms with Crippen LogP contribution in [0.5, 0.6) is 0 Å². The van der Waals surface area contributed by atoms with Gasteiger partial charge in [0.25, 0.3) is 0 Å². The SMILES string of the molecule is BrC1(Br)C#CCCCCC1. The van der Waals surface area contributed by atoms with Crippen molar-refractivity contribution in [3.8, 4) is 11.8 Å². The van der Waals surface area contributed by atoms with E-state index in [-0.39, 0.29) is 3.23 Å². The molecular weight excluding hydrogens is 256 g/mol. The Labute approximate surface area is 79.0 Å². The molecule has 0 N–H and O–H groups in total. The zero-order chi connectivity index (χ0) is 7.45. The molecule has 0 atom stereocenters. The van der Waals surface area contributed by atoms with E-state index in [1.165, 1.54) is 19.3 Å². The van der Waals surface area contributed by atoms with Crippen molar-refractivity contribution in [3.63, 3.8) is 0 Å². The van der Waals surface area contributed by atoms with Gasteiger partial charge in [-0.2, -0.15) is 0 Å². The van der Waals surface area contributed by atoms with E-state index in [4.69, 9.17) is 0 Å². The molecule has 0 fully saturated rings. The van der Waals surface area contributed by atoms with Crippen LogP contribution in [0.4, 0.5) is 0 Å². The largest absolute Gasteiger partial charge is 0.140 e. The van der Waals surface area contributed by atoms with Gasteiger partial charge in [-0.05, 0) is 12.8 Å². The van der Waals surface area contributed by atoms with Crippen molar-refractivity contribution in [2.24, 2.45) is 0 Å². The lowest BCUT2D eigenvalue weighted by atomic mass is 10.1. The first-order valence-corrected chi connectivity index (χ1v) is 5.17. The summed E-state index contributed by atoms with van der Waals surface area (Å²) in [5, 5.41) is 0. The lowest BCUT2D eigenvalue weighted by Gasteiger charge is -2.14. The third kappa shape index (κ3) is 3.07. The summed E-state index contributed by atoms with van der Waals surface area (Å²) in [5.74, 6) is 6.28. The minimum Gasteiger partial charge on any atom is -0.101 e. The molecular formula is C8H10Br2. The van der Waals surface area contributed by atoms with Gasteiger partial charge in [-0.15, -0.1) is 5.92 Å². The molecule has 0 amide bonds. The highest BCUT2D eigenvalue weighted by molar-refractivity contribution is 9.25. The first-order chi connectivity index (χ1) is 4.71. The third-order valence-electron chi connectivity index (χ3n) is 1.56. The fourth-order valence-electron chi connectivity index (χ4n) is 0.991. The summed E-state index contributed by atoms with van der Waals surface area (Å²) in [4.78, 5) is 0. The van der Waals surface area contributed by atoms with Gasteiger partial charge in [0.1, 0.15) is 3.23 Å². The normalized spacial score (nSPS) is 23.8. The summed E-state index contributed by atoms with van der Waals surface area (Å²) in [5.41, 5.74) is 0. The van der Waals surface area contributed by atoms with E-state index in [0.29, 0.717) is 0 Å². The predicted octanol–water partition coefficient (Wildman–Crippen LogP) is 3.44. The van der Waals surface area contributed by atoms with Gasteiger partial charge in [0.15, 0.2) is 0 Å². The number of halogens is 2. The molecule has 1 rings (SSSR count). The number of alkyl halides is 2. The van der Waals surface area contributed by atoms with Crippen LogP contribution in [-0.2, 0) is 0 Å². The second-order valence-electron chi connectivity index (χ2n) is 2.57. The van der Waals surface area contributed by atoms with Gasteiger partial charge >= 0.3 is 0 Å². The number of hydrogen-bond acceptors (Lipinski definition) is 0. The maximum atomic E-state index is 3.52. The van der Waals surface area contributed by atoms with E-state index in [2.05, 4.69) is 43.7 Å². The Kier molecular flexibility index (Phi) is 3.26. The number of hydrogen-bond donors (Lipinski definition) is 0. The fraction of sp³-hybridized carbons (Fsp3) is 0.750. The average Bonchev–Trinajstić information content (AvgIpc) is 1.81. The lowest BCUT2D eigenvalue weighted by molar-refractivity contribution is 0.651. The molecule has 0 saturated carbocycles. The summed E-state index contributed by atoms with van der Waals surface area (Å²) in [6, 6.07) is 0. The van der Waals surface area contributed by atoms with Crippen LogP contribution < -0.4 is 0 Å². The Bertz CT molecular complexity index is 162. The first kappa shape index (κ1) is 8.62. The van der Waals surface area contributed by atoms with Crippen LogP contribution in [0.15, 0.2) is 0 Å². The van der Waals surface area contributed by atoms with Crippen molar-refractivity contribution in [2.45, 2.75) is 35.3 Å². The maximum absolute atomic E-state index is 3.52. The second-order valence-corrected chi connectivity index (χ2v) is 6.34. The van der Waals surface area contributed by atoms with Gasteiger partial charge < -0.3 is 0 Å². The Balaban J connectivity index is 2.56. The molecule has 0 aromatic carbocycles. The highest BCUT2D eigenvalue weighted by Gasteiger charge is 2.18. The van der Waals surface area contributed by atoms with Crippen LogP contribution in [0, 0.1) is 11.8 Å². The molecule has 0 bridgehead atoms. The van der Waals surface area contributed by atoms with Crippen molar-refractivity contribution >= 4 is 31.9 Å². The zero-order valence-electron chi connectivity index (χ0n) is 5.79. The monoisotopic (exact) mass is 264 g/mol. The highest BCUT2D eigenvalue weighted by atomic mass is 79.9. The van der Waals surface area contributed by atoms with Crippen molar-refractivity contribution in [1.29, 1.82) is 0 Å². The van der Waals surface area contributed by atoms with Crippen LogP contribution in [0.3, 0.4) is 0 Å². The van der Waals surface area contributed by atoms with Gasteiger partial charge in [0.05, 0.1) is 0 Å². The van der Waals surface area contributed by atoms with Crippen molar-refractivity contribution in [2.75, 3.05) is 0 Å². The fourth-order valence-corrected chi connectivity index (χ4v) is 1.83. The van der Waals surface area contributed by atoms with Crippen LogP contribution in [0.2, 0.25) is 0 Å². The molecule has 0 aliphatic heterocycles. The average molecular weight is 266 g/mol. The van der Waals surface area contributed by atoms with Crippen LogP contribution in [-0.4, -0.2) is 3.23 Å². The number of rotatable bonds is 0. The van der Waals surface area contributed by atoms with Crippen molar-refractivity contribution in [1.82, 2.24) is 0 Å². The van der Waals surface area contributed by atoms with E-state index >= 15 is 0 Å². The summed E-state index contributed by atoms with van der Waals surface area (Å²) in [6.07, 6.45) is 6.01. The van der Waals surface area contributed by atoms with Crippen LogP contribution in [0.1, 0.15) is 32.1 Å². The summed E-state index contributed by atoms with van der Waals surface area (Å²) in [7, 11) is 0. The van der Waals surface area contributed by atoms with Gasteiger partial charge in [0.2, 0.25) is 0 Å². The molecule has 0 spiro atoms. The van der Waals surface area contributed by atoms with Gasteiger partial charge in [0, 0.05) is 6.42 Å². The third-order valence-corrected chi connectivity index (χ3v) is 2.75. The molecule has 2 heteroatoms. The van der Waals surface area contributed by atoms with Gasteiger partial charge in [-0.25, -0.2) is 0 Å². The summed E-state index contributed by atoms with van der Waals surface area (Å²) in [6.45, 7) is 0. The molecule has 0 aromatic heterocycles. The Morgan fingerprint density at radius 1 is 1.10 bits per heavy atom. The molecule has 1 aliphatic rings. The Morgan fingerprint density at radius 3 is 2.70 bits per heavy atom. The smallest absolute Gasteiger partial charge is 0.101 e. The van der Waals surface area contributed by atoms with E-state index in [9.17, 15) is 0 Å². The van der Waals surface area contributed by atoms with E-state index in [0.717, 1.165) is 12.8 Å². The standard InChI is InChI=1S/C8H10Br2/c9-8(10)6-4-2-1-3-5-7-8/h1-4,6H2. The molecule has 10 heavy (non-hydrogen) atoms. The molecule has 0 heterocycles. The van der Waals surface area contributed by atoms with E-state index in [1.54, 1.807) is 0 Å². The Hall–Kier alpha value is 0.520. The topological polar surface area (TPSA) is 0 Å². The lowest BCUT2D eigenvalue weighted by Crippen LogP contribution is -2.08. The molecule has 1 aliphatic carbocycles. The van der Waals surface area contributed by atoms with Crippen molar-refractivity contribution < 1.29 is 0 Å². The Morgan fingerprint density at radius 2 is 1.90 bits per heavy atom.